The van der Waals surface area contributed by atoms with Crippen molar-refractivity contribution >= 4 is 70.4 Å². The van der Waals surface area contributed by atoms with Gasteiger partial charge in [0.25, 0.3) is 5.91 Å². The molecule has 0 saturated carbocycles. The molecular weight excluding hydrogens is 786 g/mol. The molecule has 3 heterocycles. The smallest absolute Gasteiger partial charge is 0.416 e. The summed E-state index contributed by atoms with van der Waals surface area (Å²) in [6.07, 6.45) is -3.38. The summed E-state index contributed by atoms with van der Waals surface area (Å²) < 4.78 is 48.3. The number of nitrogens with zero attached hydrogens (tertiary/aromatic N) is 5. The SMILES string of the molecule is C=NCc1ccc(N2C(=O)C(C)(C)N(c3ccc(OCCN4CCN(CC(=O)Nc5cccc(NC6CCC(=O)NC6=O)c5)[C@@H](C)C4)c(CC)c3)C2=S)cc1C(F)(F)F. The van der Waals surface area contributed by atoms with Gasteiger partial charge in [0.1, 0.15) is 23.9 Å². The second kappa shape index (κ2) is 17.8. The van der Waals surface area contributed by atoms with Crippen molar-refractivity contribution in [3.63, 3.8) is 0 Å². The molecule has 314 valence electrons. The molecule has 13 nitrogen and oxygen atoms in total. The maximum absolute atomic E-state index is 14.0. The van der Waals surface area contributed by atoms with Gasteiger partial charge in [-0.15, -0.1) is 0 Å². The van der Waals surface area contributed by atoms with Crippen molar-refractivity contribution in [1.82, 2.24) is 15.1 Å². The molecule has 2 atom stereocenters. The van der Waals surface area contributed by atoms with Crippen LogP contribution in [0.15, 0.2) is 65.7 Å². The Hall–Kier alpha value is -5.39. The number of piperidine rings is 1. The summed E-state index contributed by atoms with van der Waals surface area (Å²) in [6, 6.07) is 15.9. The predicted molar refractivity (Wildman–Crippen MR) is 225 cm³/mol. The molecule has 0 aliphatic carbocycles. The minimum atomic E-state index is -4.66. The number of piperazine rings is 1. The van der Waals surface area contributed by atoms with E-state index < -0.39 is 29.2 Å². The van der Waals surface area contributed by atoms with Gasteiger partial charge >= 0.3 is 6.18 Å². The fourth-order valence-corrected chi connectivity index (χ4v) is 8.22. The van der Waals surface area contributed by atoms with Crippen LogP contribution in [-0.4, -0.2) is 102 Å². The summed E-state index contributed by atoms with van der Waals surface area (Å²) in [7, 11) is 0. The van der Waals surface area contributed by atoms with Crippen LogP contribution in [0.25, 0.3) is 0 Å². The first-order valence-corrected chi connectivity index (χ1v) is 19.9. The van der Waals surface area contributed by atoms with Crippen molar-refractivity contribution in [2.75, 3.05) is 59.8 Å². The lowest BCUT2D eigenvalue weighted by Crippen LogP contribution is -2.54. The number of carbonyl (C=O) groups is 4. The Labute approximate surface area is 346 Å². The number of aryl methyl sites for hydroxylation is 1. The van der Waals surface area contributed by atoms with Crippen LogP contribution in [-0.2, 0) is 38.3 Å². The van der Waals surface area contributed by atoms with Crippen LogP contribution in [0, 0.1) is 0 Å². The normalized spacial score (nSPS) is 20.1. The Balaban J connectivity index is 1.01. The number of imide groups is 1. The minimum absolute atomic E-state index is 0.0219. The van der Waals surface area contributed by atoms with Gasteiger partial charge in [-0.25, -0.2) is 0 Å². The maximum atomic E-state index is 14.0. The van der Waals surface area contributed by atoms with Crippen molar-refractivity contribution in [2.45, 2.75) is 77.3 Å². The quantitative estimate of drug-likeness (QED) is 0.107. The van der Waals surface area contributed by atoms with Gasteiger partial charge in [-0.2, -0.15) is 13.2 Å². The highest BCUT2D eigenvalue weighted by Crippen LogP contribution is 2.41. The van der Waals surface area contributed by atoms with E-state index in [2.05, 4.69) is 44.4 Å². The minimum Gasteiger partial charge on any atom is -0.492 e. The molecular formula is C42H49F3N8O5S. The van der Waals surface area contributed by atoms with E-state index >= 15 is 0 Å². The molecule has 3 aromatic rings. The molecule has 17 heteroatoms. The first-order chi connectivity index (χ1) is 28.0. The van der Waals surface area contributed by atoms with E-state index in [1.807, 2.05) is 19.1 Å². The fourth-order valence-electron chi connectivity index (χ4n) is 7.70. The summed E-state index contributed by atoms with van der Waals surface area (Å²) in [5, 5.41) is 8.49. The van der Waals surface area contributed by atoms with Gasteiger partial charge in [-0.05, 0) is 112 Å². The van der Waals surface area contributed by atoms with Crippen molar-refractivity contribution in [1.29, 1.82) is 0 Å². The topological polar surface area (TPSA) is 139 Å². The number of halogens is 3. The number of anilines is 4. The van der Waals surface area contributed by atoms with Crippen molar-refractivity contribution in [3.05, 3.63) is 77.4 Å². The van der Waals surface area contributed by atoms with E-state index in [0.29, 0.717) is 55.3 Å². The number of nitrogens with one attached hydrogen (secondary N) is 3. The van der Waals surface area contributed by atoms with Gasteiger partial charge in [-0.3, -0.25) is 44.2 Å². The van der Waals surface area contributed by atoms with Gasteiger partial charge in [0, 0.05) is 55.7 Å². The second-order valence-corrected chi connectivity index (χ2v) is 15.8. The first-order valence-electron chi connectivity index (χ1n) is 19.5. The molecule has 1 unspecified atom stereocenters. The lowest BCUT2D eigenvalue weighted by atomic mass is 10.0. The van der Waals surface area contributed by atoms with Crippen LogP contribution in [0.3, 0.4) is 0 Å². The molecule has 0 bridgehead atoms. The third kappa shape index (κ3) is 9.74. The van der Waals surface area contributed by atoms with Crippen LogP contribution in [0.2, 0.25) is 0 Å². The van der Waals surface area contributed by atoms with Crippen molar-refractivity contribution in [3.8, 4) is 5.75 Å². The summed E-state index contributed by atoms with van der Waals surface area (Å²) >= 11 is 5.77. The highest BCUT2D eigenvalue weighted by Gasteiger charge is 2.51. The van der Waals surface area contributed by atoms with Crippen LogP contribution in [0.5, 0.6) is 5.75 Å². The van der Waals surface area contributed by atoms with Crippen LogP contribution >= 0.6 is 12.2 Å². The summed E-state index contributed by atoms with van der Waals surface area (Å²) in [5.74, 6) is -0.566. The number of benzene rings is 3. The third-order valence-electron chi connectivity index (χ3n) is 10.9. The van der Waals surface area contributed by atoms with E-state index in [4.69, 9.17) is 17.0 Å². The molecule has 0 aromatic heterocycles. The van der Waals surface area contributed by atoms with Crippen molar-refractivity contribution in [2.24, 2.45) is 4.99 Å². The molecule has 6 rings (SSSR count). The average Bonchev–Trinajstić information content (AvgIpc) is 3.35. The molecule has 3 aromatic carbocycles. The van der Waals surface area contributed by atoms with E-state index in [-0.39, 0.29) is 59.6 Å². The highest BCUT2D eigenvalue weighted by atomic mass is 32.1. The Kier molecular flexibility index (Phi) is 13.1. The standard InChI is InChI=1S/C42H49F3N8O5S/c1-6-27-20-32(53-40(59)52(39(57)41(53,3)4)31-11-10-28(23-46-5)33(22-31)42(43,44)45)12-14-35(27)58-19-18-50-16-17-51(26(2)24-50)25-37(55)48-30-9-7-8-29(21-30)47-34-13-15-36(54)49-38(34)56/h7-12,14,20-22,26,34,47H,5-6,13,15-19,23-25H2,1-4H3,(H,48,55)(H,49,54,56)/t26-,34?/m0/s1. The van der Waals surface area contributed by atoms with E-state index in [0.717, 1.165) is 29.6 Å². The Morgan fingerprint density at radius 2 is 1.78 bits per heavy atom. The number of hydrogen-bond donors (Lipinski definition) is 3. The molecule has 4 amide bonds. The maximum Gasteiger partial charge on any atom is 0.416 e. The van der Waals surface area contributed by atoms with Gasteiger partial charge in [0.2, 0.25) is 17.7 Å². The van der Waals surface area contributed by atoms with Gasteiger partial charge in [0.15, 0.2) is 5.11 Å². The lowest BCUT2D eigenvalue weighted by Gasteiger charge is -2.39. The molecule has 3 saturated heterocycles. The second-order valence-electron chi connectivity index (χ2n) is 15.4. The average molecular weight is 835 g/mol. The summed E-state index contributed by atoms with van der Waals surface area (Å²) in [4.78, 5) is 61.3. The predicted octanol–water partition coefficient (Wildman–Crippen LogP) is 5.63. The fraction of sp³-hybridized carbons (Fsp3) is 0.429. The molecule has 3 aliphatic rings. The van der Waals surface area contributed by atoms with E-state index in [9.17, 15) is 32.3 Å². The molecule has 3 aliphatic heterocycles. The zero-order chi connectivity index (χ0) is 42.6. The molecule has 0 radical (unpaired) electrons. The highest BCUT2D eigenvalue weighted by molar-refractivity contribution is 7.81. The van der Waals surface area contributed by atoms with E-state index in [1.165, 1.54) is 12.1 Å². The van der Waals surface area contributed by atoms with Gasteiger partial charge in [0.05, 0.1) is 24.3 Å². The largest absolute Gasteiger partial charge is 0.492 e. The number of thiocarbonyl (C=S) groups is 1. The Morgan fingerprint density at radius 1 is 1.03 bits per heavy atom. The molecule has 59 heavy (non-hydrogen) atoms. The van der Waals surface area contributed by atoms with Gasteiger partial charge in [-0.1, -0.05) is 19.1 Å². The zero-order valence-corrected chi connectivity index (χ0v) is 34.3. The Morgan fingerprint density at radius 3 is 2.47 bits per heavy atom. The molecule has 3 fully saturated rings. The molecule has 3 N–H and O–H groups in total. The number of aliphatic imine (C=N–C) groups is 1. The summed E-state index contributed by atoms with van der Waals surface area (Å²) in [5.41, 5.74) is 0.659. The van der Waals surface area contributed by atoms with Crippen LogP contribution in [0.4, 0.5) is 35.9 Å². The number of hydrogen-bond acceptors (Lipinski definition) is 10. The number of ether oxygens (including phenoxy) is 1. The number of rotatable bonds is 14. The number of alkyl halides is 3. The third-order valence-corrected chi connectivity index (χ3v) is 11.2. The van der Waals surface area contributed by atoms with E-state index in [1.54, 1.807) is 49.1 Å². The summed E-state index contributed by atoms with van der Waals surface area (Å²) in [6.45, 7) is 14.0. The molecule has 0 spiro atoms. The van der Waals surface area contributed by atoms with Crippen molar-refractivity contribution < 1.29 is 37.1 Å². The first kappa shape index (κ1) is 43.2. The lowest BCUT2D eigenvalue weighted by molar-refractivity contribution is -0.138. The monoisotopic (exact) mass is 834 g/mol. The van der Waals surface area contributed by atoms with Crippen LogP contribution in [0.1, 0.15) is 57.2 Å². The number of carbonyl (C=O) groups excluding carboxylic acids is 4. The van der Waals surface area contributed by atoms with Gasteiger partial charge < -0.3 is 20.3 Å². The number of amides is 4. The zero-order valence-electron chi connectivity index (χ0n) is 33.5. The Bertz CT molecular complexity index is 2130. The van der Waals surface area contributed by atoms with Crippen LogP contribution < -0.4 is 30.5 Å².